The zero-order chi connectivity index (χ0) is 30.6. The first-order chi connectivity index (χ1) is 18.9. The average Bonchev–Trinajstić information content (AvgIpc) is 2.86. The maximum absolute atomic E-state index is 14.2. The van der Waals surface area contributed by atoms with E-state index in [1.165, 1.54) is 29.6 Å². The lowest BCUT2D eigenvalue weighted by molar-refractivity contribution is -0.253. The summed E-state index contributed by atoms with van der Waals surface area (Å²) in [4.78, 5) is 12.7. The van der Waals surface area contributed by atoms with Crippen molar-refractivity contribution >= 4 is 6.03 Å². The van der Waals surface area contributed by atoms with Crippen molar-refractivity contribution in [2.45, 2.75) is 36.8 Å². The van der Waals surface area contributed by atoms with Gasteiger partial charge in [-0.1, -0.05) is 48.5 Å². The predicted octanol–water partition coefficient (Wildman–Crippen LogP) is 7.43. The number of ether oxygens (including phenoxy) is 1. The largest absolute Gasteiger partial charge is 0.461 e. The molecule has 3 aromatic rings. The van der Waals surface area contributed by atoms with Crippen LogP contribution in [-0.4, -0.2) is 31.3 Å². The molecular weight excluding hydrogens is 581 g/mol. The molecule has 0 saturated carbocycles. The molecule has 0 aliphatic rings. The highest BCUT2D eigenvalue weighted by molar-refractivity contribution is 5.76. The number of rotatable bonds is 9. The van der Waals surface area contributed by atoms with Crippen LogP contribution in [0.15, 0.2) is 72.8 Å². The fourth-order valence-electron chi connectivity index (χ4n) is 3.91. The van der Waals surface area contributed by atoms with Gasteiger partial charge in [0.05, 0.1) is 11.1 Å². The van der Waals surface area contributed by atoms with E-state index in [9.17, 15) is 53.1 Å². The molecule has 1 atom stereocenters. The molecule has 15 heteroatoms. The summed E-state index contributed by atoms with van der Waals surface area (Å²) >= 11 is 0. The fraction of sp³-hybridized carbons (Fsp3) is 0.269. The first-order valence-corrected chi connectivity index (χ1v) is 11.4. The third-order valence-corrected chi connectivity index (χ3v) is 5.69. The molecule has 0 fully saturated rings. The van der Waals surface area contributed by atoms with E-state index in [0.29, 0.717) is 18.2 Å². The van der Waals surface area contributed by atoms with Crippen molar-refractivity contribution in [1.29, 1.82) is 0 Å². The Balaban J connectivity index is 2.29. The SMILES string of the molecule is O=C(NCC(F)(F)F)NC(Cc1ccccc1)(c1cccc(OC(F)(F)C(F)F)c1)c1ccc(F)c(C(F)(F)F)c1. The number of carbonyl (C=O) groups is 1. The summed E-state index contributed by atoms with van der Waals surface area (Å²) in [6.45, 7) is -1.86. The molecule has 3 rings (SSSR count). The van der Waals surface area contributed by atoms with E-state index in [4.69, 9.17) is 0 Å². The minimum absolute atomic E-state index is 0.269. The predicted molar refractivity (Wildman–Crippen MR) is 123 cm³/mol. The van der Waals surface area contributed by atoms with Gasteiger partial charge in [-0.15, -0.1) is 0 Å². The van der Waals surface area contributed by atoms with Crippen molar-refractivity contribution in [1.82, 2.24) is 10.6 Å². The lowest BCUT2D eigenvalue weighted by Gasteiger charge is -2.37. The summed E-state index contributed by atoms with van der Waals surface area (Å²) in [6, 6.07) is 10.9. The second-order valence-electron chi connectivity index (χ2n) is 8.68. The highest BCUT2D eigenvalue weighted by atomic mass is 19.4. The molecule has 0 aliphatic carbocycles. The molecule has 0 heterocycles. The van der Waals surface area contributed by atoms with Crippen molar-refractivity contribution < 1.29 is 57.8 Å². The van der Waals surface area contributed by atoms with E-state index in [1.54, 1.807) is 6.07 Å². The number of hydrogen-bond acceptors (Lipinski definition) is 2. The Hall–Kier alpha value is -4.04. The van der Waals surface area contributed by atoms with Gasteiger partial charge in [0, 0.05) is 6.42 Å². The van der Waals surface area contributed by atoms with E-state index >= 15 is 0 Å². The Morgan fingerprint density at radius 2 is 1.44 bits per heavy atom. The summed E-state index contributed by atoms with van der Waals surface area (Å²) in [5.41, 5.74) is -4.75. The molecule has 0 spiro atoms. The van der Waals surface area contributed by atoms with Gasteiger partial charge < -0.3 is 15.4 Å². The Morgan fingerprint density at radius 1 is 0.805 bits per heavy atom. The number of halogens is 11. The highest BCUT2D eigenvalue weighted by Gasteiger charge is 2.45. The van der Waals surface area contributed by atoms with Gasteiger partial charge in [-0.3, -0.25) is 0 Å². The molecule has 1 unspecified atom stereocenters. The van der Waals surface area contributed by atoms with Crippen LogP contribution in [0.5, 0.6) is 5.75 Å². The van der Waals surface area contributed by atoms with Crippen molar-refractivity contribution in [2.75, 3.05) is 6.54 Å². The Labute approximate surface area is 225 Å². The van der Waals surface area contributed by atoms with Crippen LogP contribution >= 0.6 is 0 Å². The van der Waals surface area contributed by atoms with Gasteiger partial charge in [0.2, 0.25) is 0 Å². The maximum atomic E-state index is 14.2. The highest BCUT2D eigenvalue weighted by Crippen LogP contribution is 2.40. The fourth-order valence-corrected chi connectivity index (χ4v) is 3.91. The van der Waals surface area contributed by atoms with Crippen LogP contribution in [0.4, 0.5) is 53.1 Å². The zero-order valence-corrected chi connectivity index (χ0v) is 20.4. The Bertz CT molecular complexity index is 1350. The number of hydrogen-bond donors (Lipinski definition) is 2. The number of nitrogens with one attached hydrogen (secondary N) is 2. The van der Waals surface area contributed by atoms with Crippen LogP contribution in [0, 0.1) is 5.82 Å². The molecule has 0 radical (unpaired) electrons. The number of alkyl halides is 10. The minimum atomic E-state index is -5.26. The molecule has 0 aromatic heterocycles. The summed E-state index contributed by atoms with van der Waals surface area (Å²) in [6.07, 6.45) is -20.0. The Morgan fingerprint density at radius 3 is 2.02 bits per heavy atom. The molecule has 0 bridgehead atoms. The third kappa shape index (κ3) is 8.01. The zero-order valence-electron chi connectivity index (χ0n) is 20.4. The van der Waals surface area contributed by atoms with E-state index in [-0.39, 0.29) is 11.1 Å². The van der Waals surface area contributed by atoms with Gasteiger partial charge in [0.15, 0.2) is 0 Å². The van der Waals surface area contributed by atoms with Gasteiger partial charge in [-0.2, -0.15) is 43.9 Å². The molecule has 3 aromatic carbocycles. The van der Waals surface area contributed by atoms with Gasteiger partial charge >= 0.3 is 30.9 Å². The second kappa shape index (κ2) is 11.8. The van der Waals surface area contributed by atoms with Crippen LogP contribution in [0.25, 0.3) is 0 Å². The van der Waals surface area contributed by atoms with Crippen LogP contribution in [0.1, 0.15) is 22.3 Å². The molecule has 222 valence electrons. The quantitative estimate of drug-likeness (QED) is 0.251. The van der Waals surface area contributed by atoms with Crippen molar-refractivity contribution in [2.24, 2.45) is 0 Å². The van der Waals surface area contributed by atoms with Crippen molar-refractivity contribution in [3.63, 3.8) is 0 Å². The molecule has 0 aliphatic heterocycles. The monoisotopic (exact) mass is 600 g/mol. The van der Waals surface area contributed by atoms with Crippen LogP contribution < -0.4 is 15.4 Å². The van der Waals surface area contributed by atoms with E-state index in [1.807, 2.05) is 0 Å². The lowest BCUT2D eigenvalue weighted by atomic mass is 9.77. The number of carbonyl (C=O) groups excluding carboxylic acids is 1. The third-order valence-electron chi connectivity index (χ3n) is 5.69. The molecule has 41 heavy (non-hydrogen) atoms. The van der Waals surface area contributed by atoms with E-state index in [0.717, 1.165) is 24.3 Å². The number of benzene rings is 3. The summed E-state index contributed by atoms with van der Waals surface area (Å²) in [5, 5.41) is 3.67. The Kier molecular flexibility index (Phi) is 9.08. The van der Waals surface area contributed by atoms with Crippen molar-refractivity contribution in [3.8, 4) is 5.75 Å². The van der Waals surface area contributed by atoms with Crippen LogP contribution in [-0.2, 0) is 18.1 Å². The maximum Gasteiger partial charge on any atom is 0.461 e. The molecular formula is C26H19F11N2O2. The molecule has 0 saturated heterocycles. The van der Waals surface area contributed by atoms with Crippen LogP contribution in [0.2, 0.25) is 0 Å². The number of urea groups is 1. The van der Waals surface area contributed by atoms with E-state index in [2.05, 4.69) is 10.1 Å². The van der Waals surface area contributed by atoms with Crippen LogP contribution in [0.3, 0.4) is 0 Å². The molecule has 4 nitrogen and oxygen atoms in total. The minimum Gasteiger partial charge on any atom is -0.428 e. The first-order valence-electron chi connectivity index (χ1n) is 11.4. The summed E-state index contributed by atoms with van der Waals surface area (Å²) < 4.78 is 150. The van der Waals surface area contributed by atoms with Gasteiger partial charge in [-0.05, 0) is 41.0 Å². The van der Waals surface area contributed by atoms with Gasteiger partial charge in [-0.25, -0.2) is 9.18 Å². The van der Waals surface area contributed by atoms with Crippen molar-refractivity contribution in [3.05, 3.63) is 101 Å². The first kappa shape index (κ1) is 31.5. The number of amides is 2. The normalized spacial score (nSPS) is 14.0. The standard InChI is InChI=1S/C26H19F11N2O2/c27-20-10-9-17(12-19(20)25(33,34)35)23(13-15-5-2-1-3-6-15,39-22(40)38-14-24(30,31)32)16-7-4-8-18(11-16)41-26(36,37)21(28)29/h1-12,21H,13-14H2,(H2,38,39,40). The second-order valence-corrected chi connectivity index (χ2v) is 8.68. The summed E-state index contributed by atoms with van der Waals surface area (Å²) in [7, 11) is 0. The average molecular weight is 600 g/mol. The summed E-state index contributed by atoms with van der Waals surface area (Å²) in [5.74, 6) is -2.63. The molecule has 2 amide bonds. The van der Waals surface area contributed by atoms with Gasteiger partial charge in [0.25, 0.3) is 0 Å². The smallest absolute Gasteiger partial charge is 0.428 e. The lowest BCUT2D eigenvalue weighted by Crippen LogP contribution is -2.53. The topological polar surface area (TPSA) is 50.4 Å². The molecule has 2 N–H and O–H groups in total. The van der Waals surface area contributed by atoms with E-state index < -0.39 is 72.1 Å². The van der Waals surface area contributed by atoms with Gasteiger partial charge in [0.1, 0.15) is 18.1 Å².